The van der Waals surface area contributed by atoms with E-state index in [1.165, 1.54) is 5.56 Å². The first-order chi connectivity index (χ1) is 10.6. The fraction of sp³-hybridized carbons (Fsp3) is 0.353. The van der Waals surface area contributed by atoms with Crippen LogP contribution in [0.3, 0.4) is 0 Å². The van der Waals surface area contributed by atoms with E-state index < -0.39 is 10.0 Å². The topological polar surface area (TPSA) is 50.3 Å². The Balaban J connectivity index is 1.63. The van der Waals surface area contributed by atoms with E-state index in [1.54, 1.807) is 16.7 Å². The van der Waals surface area contributed by atoms with Crippen molar-refractivity contribution in [3.05, 3.63) is 66.0 Å². The molecule has 0 unspecified atom stereocenters. The van der Waals surface area contributed by atoms with Crippen LogP contribution < -0.4 is 0 Å². The molecule has 116 valence electrons. The van der Waals surface area contributed by atoms with Gasteiger partial charge in [-0.05, 0) is 42.0 Å². The monoisotopic (exact) mass is 316 g/mol. The fourth-order valence-corrected chi connectivity index (χ4v) is 4.54. The van der Waals surface area contributed by atoms with E-state index in [1.807, 2.05) is 42.5 Å². The summed E-state index contributed by atoms with van der Waals surface area (Å²) in [7, 11) is -3.22. The van der Waals surface area contributed by atoms with Crippen LogP contribution in [0.15, 0.2) is 54.9 Å². The quantitative estimate of drug-likeness (QED) is 0.871. The number of pyridine rings is 1. The van der Waals surface area contributed by atoms with Crippen molar-refractivity contribution >= 4 is 10.0 Å². The molecule has 1 aliphatic rings. The number of aromatic nitrogens is 1. The number of benzene rings is 1. The maximum absolute atomic E-state index is 12.5. The van der Waals surface area contributed by atoms with E-state index in [0.29, 0.717) is 19.0 Å². The molecular formula is C17H20N2O2S. The molecule has 1 aromatic carbocycles. The van der Waals surface area contributed by atoms with E-state index >= 15 is 0 Å². The van der Waals surface area contributed by atoms with Gasteiger partial charge in [-0.2, -0.15) is 0 Å². The zero-order chi connectivity index (χ0) is 15.4. The summed E-state index contributed by atoms with van der Waals surface area (Å²) in [6.07, 6.45) is 5.35. The third kappa shape index (κ3) is 3.54. The van der Waals surface area contributed by atoms with Crippen molar-refractivity contribution in [1.29, 1.82) is 0 Å². The largest absolute Gasteiger partial charge is 0.265 e. The highest BCUT2D eigenvalue weighted by Gasteiger charge is 2.28. The molecule has 0 bridgehead atoms. The third-order valence-electron chi connectivity index (χ3n) is 4.22. The molecular weight excluding hydrogens is 296 g/mol. The number of hydrogen-bond acceptors (Lipinski definition) is 3. The maximum atomic E-state index is 12.5. The zero-order valence-electron chi connectivity index (χ0n) is 12.4. The number of rotatable bonds is 4. The van der Waals surface area contributed by atoms with Gasteiger partial charge in [0.2, 0.25) is 10.0 Å². The molecule has 0 N–H and O–H groups in total. The van der Waals surface area contributed by atoms with E-state index in [9.17, 15) is 8.42 Å². The summed E-state index contributed by atoms with van der Waals surface area (Å²) in [5, 5.41) is 0. The van der Waals surface area contributed by atoms with Crippen LogP contribution in [0.2, 0.25) is 0 Å². The van der Waals surface area contributed by atoms with Crippen molar-refractivity contribution in [2.24, 2.45) is 0 Å². The second-order valence-corrected chi connectivity index (χ2v) is 7.66. The Morgan fingerprint density at radius 1 is 1.00 bits per heavy atom. The molecule has 2 aromatic rings. The maximum Gasteiger partial charge on any atom is 0.218 e. The predicted molar refractivity (Wildman–Crippen MR) is 86.9 cm³/mol. The Kier molecular flexibility index (Phi) is 4.55. The summed E-state index contributed by atoms with van der Waals surface area (Å²) < 4.78 is 26.7. The van der Waals surface area contributed by atoms with Crippen LogP contribution >= 0.6 is 0 Å². The van der Waals surface area contributed by atoms with Crippen molar-refractivity contribution in [3.63, 3.8) is 0 Å². The van der Waals surface area contributed by atoms with E-state index in [-0.39, 0.29) is 5.75 Å². The smallest absolute Gasteiger partial charge is 0.218 e. The zero-order valence-corrected chi connectivity index (χ0v) is 13.2. The lowest BCUT2D eigenvalue weighted by Crippen LogP contribution is -2.38. The average Bonchev–Trinajstić information content (AvgIpc) is 2.56. The Hall–Kier alpha value is -1.72. The number of nitrogens with zero attached hydrogens (tertiary/aromatic N) is 2. The fourth-order valence-electron chi connectivity index (χ4n) is 2.98. The number of hydrogen-bond donors (Lipinski definition) is 0. The van der Waals surface area contributed by atoms with Crippen LogP contribution in [0.5, 0.6) is 0 Å². The minimum atomic E-state index is -3.22. The van der Waals surface area contributed by atoms with Gasteiger partial charge in [0.05, 0.1) is 5.75 Å². The first kappa shape index (κ1) is 15.2. The van der Waals surface area contributed by atoms with Gasteiger partial charge < -0.3 is 0 Å². The standard InChI is InChI=1S/C17H20N2O2S/c20-22(21,14-15-4-2-1-3-5-15)19-12-8-17(9-13-19)16-6-10-18-11-7-16/h1-7,10-11,17H,8-9,12-14H2. The lowest BCUT2D eigenvalue weighted by molar-refractivity contribution is 0.319. The van der Waals surface area contributed by atoms with Crippen molar-refractivity contribution in [2.75, 3.05) is 13.1 Å². The van der Waals surface area contributed by atoms with Gasteiger partial charge in [-0.1, -0.05) is 30.3 Å². The summed E-state index contributed by atoms with van der Waals surface area (Å²) in [6, 6.07) is 13.4. The summed E-state index contributed by atoms with van der Waals surface area (Å²) in [6.45, 7) is 1.20. The normalized spacial score (nSPS) is 17.5. The molecule has 1 saturated heterocycles. The average molecular weight is 316 g/mol. The molecule has 0 aliphatic carbocycles. The molecule has 1 fully saturated rings. The van der Waals surface area contributed by atoms with E-state index in [2.05, 4.69) is 4.98 Å². The SMILES string of the molecule is O=S(=O)(Cc1ccccc1)N1CCC(c2ccncc2)CC1. The molecule has 22 heavy (non-hydrogen) atoms. The molecule has 0 atom stereocenters. The Labute approximate surface area is 131 Å². The highest BCUT2D eigenvalue weighted by Crippen LogP contribution is 2.29. The van der Waals surface area contributed by atoms with Crippen LogP contribution in [-0.2, 0) is 15.8 Å². The van der Waals surface area contributed by atoms with E-state index in [4.69, 9.17) is 0 Å². The number of piperidine rings is 1. The third-order valence-corrected chi connectivity index (χ3v) is 6.07. The van der Waals surface area contributed by atoms with E-state index in [0.717, 1.165) is 18.4 Å². The highest BCUT2D eigenvalue weighted by molar-refractivity contribution is 7.88. The van der Waals surface area contributed by atoms with Crippen LogP contribution in [0, 0.1) is 0 Å². The van der Waals surface area contributed by atoms with Gasteiger partial charge >= 0.3 is 0 Å². The summed E-state index contributed by atoms with van der Waals surface area (Å²) >= 11 is 0. The summed E-state index contributed by atoms with van der Waals surface area (Å²) in [5.74, 6) is 0.527. The highest BCUT2D eigenvalue weighted by atomic mass is 32.2. The Morgan fingerprint density at radius 2 is 1.64 bits per heavy atom. The van der Waals surface area contributed by atoms with Crippen molar-refractivity contribution < 1.29 is 8.42 Å². The molecule has 5 heteroatoms. The first-order valence-electron chi connectivity index (χ1n) is 7.57. The first-order valence-corrected chi connectivity index (χ1v) is 9.18. The van der Waals surface area contributed by atoms with Crippen molar-refractivity contribution in [1.82, 2.24) is 9.29 Å². The van der Waals surface area contributed by atoms with Gasteiger partial charge in [-0.3, -0.25) is 4.98 Å². The van der Waals surface area contributed by atoms with Crippen molar-refractivity contribution in [3.8, 4) is 0 Å². The second-order valence-electron chi connectivity index (χ2n) is 5.70. The lowest BCUT2D eigenvalue weighted by atomic mass is 9.91. The molecule has 1 aromatic heterocycles. The lowest BCUT2D eigenvalue weighted by Gasteiger charge is -2.31. The predicted octanol–water partition coefficient (Wildman–Crippen LogP) is 2.79. The van der Waals surface area contributed by atoms with Gasteiger partial charge in [-0.25, -0.2) is 12.7 Å². The van der Waals surface area contributed by atoms with Crippen LogP contribution in [0.4, 0.5) is 0 Å². The van der Waals surface area contributed by atoms with Crippen LogP contribution in [0.25, 0.3) is 0 Å². The van der Waals surface area contributed by atoms with Crippen LogP contribution in [-0.4, -0.2) is 30.8 Å². The minimum absolute atomic E-state index is 0.0910. The number of sulfonamides is 1. The Morgan fingerprint density at radius 3 is 2.27 bits per heavy atom. The molecule has 2 heterocycles. The summed E-state index contributed by atoms with van der Waals surface area (Å²) in [5.41, 5.74) is 2.11. The molecule has 1 aliphatic heterocycles. The van der Waals surface area contributed by atoms with Gasteiger partial charge in [-0.15, -0.1) is 0 Å². The van der Waals surface area contributed by atoms with Gasteiger partial charge in [0.1, 0.15) is 0 Å². The molecule has 0 spiro atoms. The van der Waals surface area contributed by atoms with Crippen LogP contribution in [0.1, 0.15) is 29.9 Å². The van der Waals surface area contributed by atoms with Gasteiger partial charge in [0, 0.05) is 25.5 Å². The minimum Gasteiger partial charge on any atom is -0.265 e. The second kappa shape index (κ2) is 6.58. The van der Waals surface area contributed by atoms with Gasteiger partial charge in [0.25, 0.3) is 0 Å². The Bertz CT molecular complexity index is 694. The molecule has 4 nitrogen and oxygen atoms in total. The summed E-state index contributed by atoms with van der Waals surface area (Å²) in [4.78, 5) is 4.03. The van der Waals surface area contributed by atoms with Gasteiger partial charge in [0.15, 0.2) is 0 Å². The molecule has 0 saturated carbocycles. The molecule has 0 amide bonds. The molecule has 3 rings (SSSR count). The van der Waals surface area contributed by atoms with Crippen molar-refractivity contribution in [2.45, 2.75) is 24.5 Å². The molecule has 0 radical (unpaired) electrons.